The first-order valence-electron chi connectivity index (χ1n) is 5.33. The Morgan fingerprint density at radius 1 is 0.647 bits per heavy atom. The van der Waals surface area contributed by atoms with Crippen LogP contribution in [-0.2, 0) is 0 Å². The van der Waals surface area contributed by atoms with Crippen LogP contribution in [0.2, 0.25) is 0 Å². The molecule has 2 aromatic carbocycles. The van der Waals surface area contributed by atoms with Crippen molar-refractivity contribution in [1.82, 2.24) is 0 Å². The lowest BCUT2D eigenvalue weighted by Gasteiger charge is -2.02. The van der Waals surface area contributed by atoms with E-state index >= 15 is 0 Å². The van der Waals surface area contributed by atoms with Crippen LogP contribution in [0.5, 0.6) is 0 Å². The Hall–Kier alpha value is -0.510. The van der Waals surface area contributed by atoms with Gasteiger partial charge in [-0.3, -0.25) is 0 Å². The summed E-state index contributed by atoms with van der Waals surface area (Å²) >= 11 is 1.78. The fourth-order valence-corrected chi connectivity index (χ4v) is 3.66. The smallest absolute Gasteiger partial charge is 0.0187 e. The molecule has 0 heterocycles. The Balaban J connectivity index is 1.95. The van der Waals surface area contributed by atoms with Gasteiger partial charge in [0.25, 0.3) is 0 Å². The zero-order valence-corrected chi connectivity index (χ0v) is 12.3. The molecule has 2 rings (SSSR count). The minimum absolute atomic E-state index is 1.30. The van der Waals surface area contributed by atoms with Crippen LogP contribution in [-0.4, -0.2) is 6.26 Å². The number of benzene rings is 2. The van der Waals surface area contributed by atoms with E-state index in [0.29, 0.717) is 0 Å². The maximum Gasteiger partial charge on any atom is 0.0187 e. The van der Waals surface area contributed by atoms with Crippen LogP contribution >= 0.6 is 33.3 Å². The average Bonchev–Trinajstić information content (AvgIpc) is 2.39. The third-order valence-electron chi connectivity index (χ3n) is 2.31. The van der Waals surface area contributed by atoms with Crippen LogP contribution in [0.3, 0.4) is 0 Å². The molecule has 0 radical (unpaired) electrons. The summed E-state index contributed by atoms with van der Waals surface area (Å²) in [6.07, 6.45) is 2.10. The molecule has 17 heavy (non-hydrogen) atoms. The number of hydrogen-bond acceptors (Lipinski definition) is 3. The predicted molar refractivity (Wildman–Crippen MR) is 81.1 cm³/mol. The molecule has 0 aliphatic carbocycles. The standard InChI is InChI=1S/C14H14S3/c1-11-3-5-13(6-4-11)16-17-14-9-7-12(15-2)8-10-14/h3-10H,1-2H3. The van der Waals surface area contributed by atoms with Crippen molar-refractivity contribution < 1.29 is 0 Å². The van der Waals surface area contributed by atoms with Crippen molar-refractivity contribution in [3.05, 3.63) is 54.1 Å². The summed E-state index contributed by atoms with van der Waals surface area (Å²) in [5, 5.41) is 0. The van der Waals surface area contributed by atoms with E-state index in [1.807, 2.05) is 0 Å². The summed E-state index contributed by atoms with van der Waals surface area (Å²) < 4.78 is 0. The quantitative estimate of drug-likeness (QED) is 0.534. The van der Waals surface area contributed by atoms with Gasteiger partial charge in [-0.25, -0.2) is 0 Å². The highest BCUT2D eigenvalue weighted by atomic mass is 33.1. The molecule has 88 valence electrons. The molecule has 0 N–H and O–H groups in total. The Morgan fingerprint density at radius 2 is 1.06 bits per heavy atom. The highest BCUT2D eigenvalue weighted by Gasteiger charge is 1.98. The zero-order valence-electron chi connectivity index (χ0n) is 9.84. The third kappa shape index (κ3) is 4.02. The van der Waals surface area contributed by atoms with Crippen molar-refractivity contribution in [2.45, 2.75) is 21.6 Å². The van der Waals surface area contributed by atoms with E-state index in [1.54, 1.807) is 33.3 Å². The van der Waals surface area contributed by atoms with Crippen molar-refractivity contribution in [3.63, 3.8) is 0 Å². The topological polar surface area (TPSA) is 0 Å². The molecule has 0 aromatic heterocycles. The van der Waals surface area contributed by atoms with Gasteiger partial charge >= 0.3 is 0 Å². The molecule has 0 unspecified atom stereocenters. The van der Waals surface area contributed by atoms with Gasteiger partial charge in [-0.1, -0.05) is 39.3 Å². The second kappa shape index (κ2) is 6.43. The first-order chi connectivity index (χ1) is 8.28. The van der Waals surface area contributed by atoms with Crippen LogP contribution in [0.15, 0.2) is 63.2 Å². The summed E-state index contributed by atoms with van der Waals surface area (Å²) in [7, 11) is 3.61. The minimum Gasteiger partial charge on any atom is -0.130 e. The molecule has 0 fully saturated rings. The fourth-order valence-electron chi connectivity index (χ4n) is 1.32. The average molecular weight is 278 g/mol. The second-order valence-electron chi connectivity index (χ2n) is 3.66. The SMILES string of the molecule is CSc1ccc(SSc2ccc(C)cc2)cc1. The van der Waals surface area contributed by atoms with Gasteiger partial charge in [-0.2, -0.15) is 0 Å². The Kier molecular flexibility index (Phi) is 4.89. The first kappa shape index (κ1) is 12.9. The highest BCUT2D eigenvalue weighted by molar-refractivity contribution is 8.76. The van der Waals surface area contributed by atoms with Gasteiger partial charge < -0.3 is 0 Å². The highest BCUT2D eigenvalue weighted by Crippen LogP contribution is 2.37. The Bertz CT molecular complexity index is 460. The number of rotatable bonds is 4. The van der Waals surface area contributed by atoms with E-state index in [0.717, 1.165) is 0 Å². The van der Waals surface area contributed by atoms with Gasteiger partial charge in [-0.05, 0) is 49.6 Å². The van der Waals surface area contributed by atoms with Gasteiger partial charge in [0.1, 0.15) is 0 Å². The molecule has 0 saturated heterocycles. The molecular weight excluding hydrogens is 264 g/mol. The van der Waals surface area contributed by atoms with Gasteiger partial charge in [-0.15, -0.1) is 11.8 Å². The first-order valence-corrected chi connectivity index (χ1v) is 8.70. The van der Waals surface area contributed by atoms with Crippen LogP contribution < -0.4 is 0 Å². The van der Waals surface area contributed by atoms with Crippen molar-refractivity contribution in [2.24, 2.45) is 0 Å². The largest absolute Gasteiger partial charge is 0.130 e. The summed E-state index contributed by atoms with van der Waals surface area (Å²) in [6.45, 7) is 2.11. The summed E-state index contributed by atoms with van der Waals surface area (Å²) in [6, 6.07) is 17.3. The van der Waals surface area contributed by atoms with Crippen LogP contribution in [0.25, 0.3) is 0 Å². The fraction of sp³-hybridized carbons (Fsp3) is 0.143. The Morgan fingerprint density at radius 3 is 1.53 bits per heavy atom. The molecule has 0 nitrogen and oxygen atoms in total. The number of thioether (sulfide) groups is 1. The lowest BCUT2D eigenvalue weighted by molar-refractivity contribution is 1.36. The normalized spacial score (nSPS) is 10.5. The minimum atomic E-state index is 1.30. The van der Waals surface area contributed by atoms with E-state index in [9.17, 15) is 0 Å². The van der Waals surface area contributed by atoms with Crippen molar-refractivity contribution >= 4 is 33.3 Å². The van der Waals surface area contributed by atoms with E-state index in [-0.39, 0.29) is 0 Å². The number of aryl methyl sites for hydroxylation is 1. The molecule has 0 spiro atoms. The zero-order chi connectivity index (χ0) is 12.1. The molecule has 0 aliphatic heterocycles. The molecule has 3 heteroatoms. The number of hydrogen-bond donors (Lipinski definition) is 0. The summed E-state index contributed by atoms with van der Waals surface area (Å²) in [4.78, 5) is 3.91. The Labute approximate surface area is 115 Å². The van der Waals surface area contributed by atoms with Crippen molar-refractivity contribution in [1.29, 1.82) is 0 Å². The maximum atomic E-state index is 2.18. The van der Waals surface area contributed by atoms with E-state index in [4.69, 9.17) is 0 Å². The van der Waals surface area contributed by atoms with Gasteiger partial charge in [0.2, 0.25) is 0 Å². The second-order valence-corrected chi connectivity index (χ2v) is 6.81. The monoisotopic (exact) mass is 278 g/mol. The van der Waals surface area contributed by atoms with Gasteiger partial charge in [0, 0.05) is 14.7 Å². The van der Waals surface area contributed by atoms with Crippen LogP contribution in [0.1, 0.15) is 5.56 Å². The molecule has 0 amide bonds. The summed E-state index contributed by atoms with van der Waals surface area (Å²) in [5.41, 5.74) is 1.31. The van der Waals surface area contributed by atoms with E-state index in [1.165, 1.54) is 20.2 Å². The van der Waals surface area contributed by atoms with Crippen LogP contribution in [0, 0.1) is 6.92 Å². The molecular formula is C14H14S3. The van der Waals surface area contributed by atoms with Crippen molar-refractivity contribution in [2.75, 3.05) is 6.26 Å². The summed E-state index contributed by atoms with van der Waals surface area (Å²) in [5.74, 6) is 0. The molecule has 0 atom stereocenters. The van der Waals surface area contributed by atoms with Gasteiger partial charge in [0.15, 0.2) is 0 Å². The predicted octanol–water partition coefficient (Wildman–Crippen LogP) is 5.52. The van der Waals surface area contributed by atoms with Crippen molar-refractivity contribution in [3.8, 4) is 0 Å². The molecule has 0 aliphatic rings. The maximum absolute atomic E-state index is 2.18. The van der Waals surface area contributed by atoms with E-state index < -0.39 is 0 Å². The van der Waals surface area contributed by atoms with Crippen LogP contribution in [0.4, 0.5) is 0 Å². The molecule has 2 aromatic rings. The lowest BCUT2D eigenvalue weighted by atomic mass is 10.2. The lowest BCUT2D eigenvalue weighted by Crippen LogP contribution is -1.72. The van der Waals surface area contributed by atoms with Gasteiger partial charge in [0.05, 0.1) is 0 Å². The third-order valence-corrected chi connectivity index (χ3v) is 5.48. The van der Waals surface area contributed by atoms with E-state index in [2.05, 4.69) is 61.7 Å². The molecule has 0 saturated carbocycles. The molecule has 0 bridgehead atoms.